The van der Waals surface area contributed by atoms with E-state index in [1.54, 1.807) is 0 Å². The summed E-state index contributed by atoms with van der Waals surface area (Å²) < 4.78 is 13.4. The van der Waals surface area contributed by atoms with Crippen molar-refractivity contribution in [2.24, 2.45) is 0 Å². The number of fused-ring (bicyclic) bond motifs is 16. The van der Waals surface area contributed by atoms with Crippen LogP contribution in [-0.2, 0) is 5.41 Å². The fourth-order valence-electron chi connectivity index (χ4n) is 11.3. The lowest BCUT2D eigenvalue weighted by Crippen LogP contribution is -2.26. The van der Waals surface area contributed by atoms with Crippen molar-refractivity contribution < 1.29 is 8.83 Å². The number of hydrogen-bond acceptors (Lipinski definition) is 3. The SMILES string of the molecule is c1ccc(-c2cccc3c2oc2ccc(-c4ccc(N(c5cccc6c5-c5ccccc5C65c6ccccc6-c6ccccc65)c5cccc6c5oc5ccccc56)cc4)cc23)cc1. The average Bonchev–Trinajstić information content (AvgIpc) is 4.10. The maximum atomic E-state index is 6.83. The molecule has 2 aromatic heterocycles. The second-order valence-corrected chi connectivity index (χ2v) is 17.1. The summed E-state index contributed by atoms with van der Waals surface area (Å²) >= 11 is 0. The highest BCUT2D eigenvalue weighted by atomic mass is 16.3. The largest absolute Gasteiger partial charge is 0.455 e. The molecular weight excluding hydrogens is 779 g/mol. The monoisotopic (exact) mass is 815 g/mol. The Bertz CT molecular complexity index is 3810. The molecule has 0 saturated heterocycles. The highest BCUT2D eigenvalue weighted by molar-refractivity contribution is 6.12. The highest BCUT2D eigenvalue weighted by Crippen LogP contribution is 2.64. The zero-order valence-electron chi connectivity index (χ0n) is 34.6. The Morgan fingerprint density at radius 2 is 0.844 bits per heavy atom. The Labute approximate surface area is 369 Å². The molecule has 64 heavy (non-hydrogen) atoms. The van der Waals surface area contributed by atoms with E-state index in [1.807, 2.05) is 12.1 Å². The normalized spacial score (nSPS) is 13.1. The maximum Gasteiger partial charge on any atom is 0.159 e. The van der Waals surface area contributed by atoms with Gasteiger partial charge in [-0.05, 0) is 98.1 Å². The standard InChI is InChI=1S/C61H37NO2/c1-2-15-39(16-3-1)42-21-12-22-47-49-37-40(33-36-57(49)63-59(42)47)38-31-34-41(35-32-38)62(55-29-13-23-46-45-19-7-11-30-56(45)64-60(46)55)54-28-14-27-53-58(54)48-20-6-10-26-52(48)61(53)50-24-8-4-17-43(50)44-18-5-9-25-51(44)61/h1-37H. The van der Waals surface area contributed by atoms with Gasteiger partial charge in [-0.25, -0.2) is 0 Å². The molecule has 2 aliphatic rings. The minimum absolute atomic E-state index is 0.465. The quantitative estimate of drug-likeness (QED) is 0.173. The minimum atomic E-state index is -0.465. The lowest BCUT2D eigenvalue weighted by atomic mass is 9.70. The number of anilines is 3. The molecule has 12 aromatic rings. The van der Waals surface area contributed by atoms with Gasteiger partial charge in [0.2, 0.25) is 0 Å². The van der Waals surface area contributed by atoms with Gasteiger partial charge in [0.15, 0.2) is 5.58 Å². The van der Waals surface area contributed by atoms with Crippen LogP contribution in [-0.4, -0.2) is 0 Å². The maximum absolute atomic E-state index is 6.83. The van der Waals surface area contributed by atoms with E-state index in [4.69, 9.17) is 8.83 Å². The van der Waals surface area contributed by atoms with Crippen molar-refractivity contribution in [1.82, 2.24) is 0 Å². The second kappa shape index (κ2) is 13.3. The summed E-state index contributed by atoms with van der Waals surface area (Å²) in [6.45, 7) is 0. The van der Waals surface area contributed by atoms with Crippen molar-refractivity contribution in [1.29, 1.82) is 0 Å². The average molecular weight is 816 g/mol. The van der Waals surface area contributed by atoms with Gasteiger partial charge in [0, 0.05) is 38.4 Å². The van der Waals surface area contributed by atoms with Gasteiger partial charge >= 0.3 is 0 Å². The van der Waals surface area contributed by atoms with Gasteiger partial charge in [0.1, 0.15) is 16.7 Å². The molecule has 10 aromatic carbocycles. The topological polar surface area (TPSA) is 29.5 Å². The van der Waals surface area contributed by atoms with E-state index >= 15 is 0 Å². The molecule has 0 amide bonds. The van der Waals surface area contributed by atoms with E-state index in [1.165, 1.54) is 44.5 Å². The smallest absolute Gasteiger partial charge is 0.159 e. The molecule has 298 valence electrons. The van der Waals surface area contributed by atoms with Gasteiger partial charge in [0.25, 0.3) is 0 Å². The summed E-state index contributed by atoms with van der Waals surface area (Å²) in [5.41, 5.74) is 21.0. The zero-order chi connectivity index (χ0) is 41.9. The Balaban J connectivity index is 0.977. The van der Waals surface area contributed by atoms with Crippen molar-refractivity contribution in [2.45, 2.75) is 5.41 Å². The van der Waals surface area contributed by atoms with E-state index in [-0.39, 0.29) is 0 Å². The van der Waals surface area contributed by atoms with E-state index in [0.717, 1.165) is 83.2 Å². The first kappa shape index (κ1) is 35.2. The first-order valence-corrected chi connectivity index (χ1v) is 22.0. The Kier molecular flexibility index (Phi) is 7.32. The summed E-state index contributed by atoms with van der Waals surface area (Å²) in [5.74, 6) is 0. The first-order valence-electron chi connectivity index (χ1n) is 22.0. The molecule has 0 N–H and O–H groups in total. The van der Waals surface area contributed by atoms with Crippen molar-refractivity contribution in [3.63, 3.8) is 0 Å². The molecule has 0 unspecified atom stereocenters. The van der Waals surface area contributed by atoms with Crippen molar-refractivity contribution >= 4 is 60.9 Å². The Morgan fingerprint density at radius 3 is 1.62 bits per heavy atom. The molecule has 0 atom stereocenters. The van der Waals surface area contributed by atoms with Crippen LogP contribution in [0.15, 0.2) is 233 Å². The van der Waals surface area contributed by atoms with Crippen LogP contribution >= 0.6 is 0 Å². The van der Waals surface area contributed by atoms with Crippen LogP contribution in [0.4, 0.5) is 17.1 Å². The number of para-hydroxylation sites is 3. The van der Waals surface area contributed by atoms with E-state index in [9.17, 15) is 0 Å². The third-order valence-electron chi connectivity index (χ3n) is 13.9. The van der Waals surface area contributed by atoms with Crippen LogP contribution in [0, 0.1) is 0 Å². The summed E-state index contributed by atoms with van der Waals surface area (Å²) in [6.07, 6.45) is 0. The zero-order valence-corrected chi connectivity index (χ0v) is 34.6. The summed E-state index contributed by atoms with van der Waals surface area (Å²) in [5, 5.41) is 4.42. The molecule has 0 saturated carbocycles. The fraction of sp³-hybridized carbons (Fsp3) is 0.0164. The van der Waals surface area contributed by atoms with E-state index < -0.39 is 5.41 Å². The van der Waals surface area contributed by atoms with Gasteiger partial charge in [-0.3, -0.25) is 0 Å². The predicted molar refractivity (Wildman–Crippen MR) is 263 cm³/mol. The minimum Gasteiger partial charge on any atom is -0.455 e. The number of nitrogens with zero attached hydrogens (tertiary/aromatic N) is 1. The van der Waals surface area contributed by atoms with Gasteiger partial charge in [-0.15, -0.1) is 0 Å². The molecule has 3 heteroatoms. The number of hydrogen-bond donors (Lipinski definition) is 0. The van der Waals surface area contributed by atoms with Gasteiger partial charge < -0.3 is 13.7 Å². The molecule has 3 nitrogen and oxygen atoms in total. The molecular formula is C61H37NO2. The third-order valence-corrected chi connectivity index (χ3v) is 13.9. The third kappa shape index (κ3) is 4.76. The van der Waals surface area contributed by atoms with Crippen molar-refractivity contribution in [3.05, 3.63) is 247 Å². The van der Waals surface area contributed by atoms with Crippen LogP contribution in [0.3, 0.4) is 0 Å². The van der Waals surface area contributed by atoms with Gasteiger partial charge in [-0.2, -0.15) is 0 Å². The van der Waals surface area contributed by atoms with Crippen molar-refractivity contribution in [3.8, 4) is 44.5 Å². The number of benzene rings is 10. The lowest BCUT2D eigenvalue weighted by molar-refractivity contribution is 0.669. The molecule has 2 aliphatic carbocycles. The Hall–Kier alpha value is -8.40. The van der Waals surface area contributed by atoms with Crippen LogP contribution in [0.2, 0.25) is 0 Å². The van der Waals surface area contributed by atoms with E-state index in [2.05, 4.69) is 217 Å². The molecule has 1 spiro atoms. The molecule has 0 radical (unpaired) electrons. The highest BCUT2D eigenvalue weighted by Gasteiger charge is 2.52. The summed E-state index contributed by atoms with van der Waals surface area (Å²) in [4.78, 5) is 2.42. The van der Waals surface area contributed by atoms with Gasteiger partial charge in [0.05, 0.1) is 16.8 Å². The molecule has 2 heterocycles. The molecule has 0 fully saturated rings. The molecule has 14 rings (SSSR count). The number of rotatable bonds is 5. The fourth-order valence-corrected chi connectivity index (χ4v) is 11.3. The first-order chi connectivity index (χ1) is 31.8. The molecule has 0 aliphatic heterocycles. The van der Waals surface area contributed by atoms with Crippen LogP contribution in [0.5, 0.6) is 0 Å². The molecule has 0 bridgehead atoms. The summed E-state index contributed by atoms with van der Waals surface area (Å²) in [6, 6.07) is 81.3. The van der Waals surface area contributed by atoms with Crippen LogP contribution in [0.25, 0.3) is 88.4 Å². The van der Waals surface area contributed by atoms with E-state index in [0.29, 0.717) is 0 Å². The van der Waals surface area contributed by atoms with Crippen LogP contribution in [0.1, 0.15) is 22.3 Å². The van der Waals surface area contributed by atoms with Gasteiger partial charge in [-0.1, -0.05) is 182 Å². The van der Waals surface area contributed by atoms with Crippen molar-refractivity contribution in [2.75, 3.05) is 4.90 Å². The lowest BCUT2D eigenvalue weighted by Gasteiger charge is -2.31. The predicted octanol–water partition coefficient (Wildman–Crippen LogP) is 16.6. The Morgan fingerprint density at radius 1 is 0.312 bits per heavy atom. The second-order valence-electron chi connectivity index (χ2n) is 17.1. The summed E-state index contributed by atoms with van der Waals surface area (Å²) in [7, 11) is 0. The number of furan rings is 2. The van der Waals surface area contributed by atoms with Crippen LogP contribution < -0.4 is 4.90 Å².